The first-order chi connectivity index (χ1) is 9.50. The smallest absolute Gasteiger partial charge is 0.273 e. The molecule has 1 amide bonds. The van der Waals surface area contributed by atoms with Crippen molar-refractivity contribution in [1.82, 2.24) is 4.98 Å². The molecule has 7 heteroatoms. The minimum atomic E-state index is -0.528. The van der Waals surface area contributed by atoms with E-state index in [1.807, 2.05) is 0 Å². The summed E-state index contributed by atoms with van der Waals surface area (Å²) in [5.41, 5.74) is 0.396. The number of hydrogen-bond donors (Lipinski definition) is 1. The molecule has 0 aliphatic carbocycles. The molecule has 2 rings (SSSR count). The van der Waals surface area contributed by atoms with Crippen LogP contribution in [0.3, 0.4) is 0 Å². The molecule has 0 radical (unpaired) electrons. The fourth-order valence-corrected chi connectivity index (χ4v) is 1.89. The molecule has 0 atom stereocenters. The number of halogens is 1. The van der Waals surface area contributed by atoms with Crippen LogP contribution in [-0.2, 0) is 0 Å². The largest absolute Gasteiger partial charge is 0.305 e. The first-order valence-electron chi connectivity index (χ1n) is 5.66. The highest BCUT2D eigenvalue weighted by Crippen LogP contribution is 2.23. The Morgan fingerprint density at radius 3 is 2.75 bits per heavy atom. The van der Waals surface area contributed by atoms with Gasteiger partial charge in [-0.05, 0) is 25.1 Å². The van der Waals surface area contributed by atoms with Crippen molar-refractivity contribution in [3.8, 4) is 0 Å². The van der Waals surface area contributed by atoms with Gasteiger partial charge < -0.3 is 5.32 Å². The molecule has 0 saturated heterocycles. The van der Waals surface area contributed by atoms with Gasteiger partial charge in [-0.15, -0.1) is 0 Å². The number of amides is 1. The number of aromatic nitrogens is 1. The summed E-state index contributed by atoms with van der Waals surface area (Å²) in [5.74, 6) is -0.281. The lowest BCUT2D eigenvalue weighted by molar-refractivity contribution is -0.385. The molecule has 6 nitrogen and oxygen atoms in total. The molecule has 0 bridgehead atoms. The zero-order valence-corrected chi connectivity index (χ0v) is 11.2. The van der Waals surface area contributed by atoms with Crippen LogP contribution in [-0.4, -0.2) is 15.8 Å². The van der Waals surface area contributed by atoms with Gasteiger partial charge in [0.2, 0.25) is 0 Å². The van der Waals surface area contributed by atoms with Crippen LogP contribution in [0.2, 0.25) is 5.02 Å². The number of pyridine rings is 1. The van der Waals surface area contributed by atoms with Gasteiger partial charge in [0.05, 0.1) is 9.95 Å². The van der Waals surface area contributed by atoms with Crippen molar-refractivity contribution in [3.63, 3.8) is 0 Å². The summed E-state index contributed by atoms with van der Waals surface area (Å²) in [7, 11) is 0. The van der Waals surface area contributed by atoms with E-state index in [0.29, 0.717) is 10.6 Å². The highest BCUT2D eigenvalue weighted by atomic mass is 35.5. The number of carbonyl (C=O) groups is 1. The van der Waals surface area contributed by atoms with E-state index < -0.39 is 10.8 Å². The second-order valence-electron chi connectivity index (χ2n) is 3.99. The van der Waals surface area contributed by atoms with Crippen LogP contribution in [0, 0.1) is 17.0 Å². The Balaban J connectivity index is 2.33. The topological polar surface area (TPSA) is 85.1 Å². The Hall–Kier alpha value is -2.47. The van der Waals surface area contributed by atoms with E-state index in [2.05, 4.69) is 10.3 Å². The van der Waals surface area contributed by atoms with E-state index in [1.54, 1.807) is 12.1 Å². The highest BCUT2D eigenvalue weighted by molar-refractivity contribution is 6.33. The van der Waals surface area contributed by atoms with Crippen LogP contribution in [0.4, 0.5) is 11.5 Å². The quantitative estimate of drug-likeness (QED) is 0.695. The number of rotatable bonds is 3. The number of nitrogens with one attached hydrogen (secondary N) is 1. The molecule has 1 aromatic carbocycles. The predicted octanol–water partition coefficient (Wildman–Crippen LogP) is 3.20. The van der Waals surface area contributed by atoms with Crippen LogP contribution < -0.4 is 5.32 Å². The lowest BCUT2D eigenvalue weighted by Crippen LogP contribution is -2.15. The van der Waals surface area contributed by atoms with E-state index in [4.69, 9.17) is 11.6 Å². The fraction of sp³-hybridized carbons (Fsp3) is 0.0769. The molecule has 102 valence electrons. The summed E-state index contributed by atoms with van der Waals surface area (Å²) in [6, 6.07) is 7.54. The first kappa shape index (κ1) is 14.0. The van der Waals surface area contributed by atoms with Crippen molar-refractivity contribution in [3.05, 3.63) is 62.8 Å². The number of nitro benzene ring substituents is 1. The van der Waals surface area contributed by atoms with Gasteiger partial charge in [-0.25, -0.2) is 4.98 Å². The van der Waals surface area contributed by atoms with Crippen LogP contribution in [0.1, 0.15) is 15.9 Å². The van der Waals surface area contributed by atoms with E-state index in [-0.39, 0.29) is 17.1 Å². The van der Waals surface area contributed by atoms with Crippen molar-refractivity contribution in [1.29, 1.82) is 0 Å². The molecule has 20 heavy (non-hydrogen) atoms. The molecule has 1 aromatic heterocycles. The standard InChI is InChI=1S/C13H10ClN3O3/c1-8-9(4-2-6-11(8)17(19)20)13(18)16-12-10(14)5-3-7-15-12/h2-7H,1H3,(H,15,16,18). The zero-order valence-electron chi connectivity index (χ0n) is 10.5. The van der Waals surface area contributed by atoms with E-state index in [1.165, 1.54) is 31.3 Å². The lowest BCUT2D eigenvalue weighted by Gasteiger charge is -2.08. The number of benzene rings is 1. The third-order valence-corrected chi connectivity index (χ3v) is 3.04. The van der Waals surface area contributed by atoms with Gasteiger partial charge in [0.25, 0.3) is 11.6 Å². The predicted molar refractivity (Wildman–Crippen MR) is 75.0 cm³/mol. The maximum atomic E-state index is 12.1. The Morgan fingerprint density at radius 2 is 2.10 bits per heavy atom. The van der Waals surface area contributed by atoms with Crippen molar-refractivity contribution in [2.75, 3.05) is 5.32 Å². The average Bonchev–Trinajstić information content (AvgIpc) is 2.41. The number of anilines is 1. The zero-order chi connectivity index (χ0) is 14.7. The number of nitro groups is 1. The summed E-state index contributed by atoms with van der Waals surface area (Å²) in [4.78, 5) is 26.4. The SMILES string of the molecule is Cc1c(C(=O)Nc2ncccc2Cl)cccc1[N+](=O)[O-]. The Bertz CT molecular complexity index is 688. The van der Waals surface area contributed by atoms with E-state index in [9.17, 15) is 14.9 Å². The number of carbonyl (C=O) groups excluding carboxylic acids is 1. The van der Waals surface area contributed by atoms with Gasteiger partial charge in [0, 0.05) is 23.4 Å². The molecule has 0 unspecified atom stereocenters. The minimum Gasteiger partial charge on any atom is -0.305 e. The molecule has 0 fully saturated rings. The van der Waals surface area contributed by atoms with Gasteiger partial charge in [-0.2, -0.15) is 0 Å². The van der Waals surface area contributed by atoms with Crippen molar-refractivity contribution < 1.29 is 9.72 Å². The molecule has 0 aliphatic heterocycles. The molecule has 0 saturated carbocycles. The van der Waals surface area contributed by atoms with Crippen molar-refractivity contribution in [2.45, 2.75) is 6.92 Å². The van der Waals surface area contributed by atoms with Crippen LogP contribution in [0.15, 0.2) is 36.5 Å². The maximum Gasteiger partial charge on any atom is 0.273 e. The lowest BCUT2D eigenvalue weighted by atomic mass is 10.1. The monoisotopic (exact) mass is 291 g/mol. The summed E-state index contributed by atoms with van der Waals surface area (Å²) < 4.78 is 0. The molecular formula is C13H10ClN3O3. The fourth-order valence-electron chi connectivity index (χ4n) is 1.72. The molecule has 1 heterocycles. The van der Waals surface area contributed by atoms with Gasteiger partial charge in [-0.3, -0.25) is 14.9 Å². The summed E-state index contributed by atoms with van der Waals surface area (Å²) in [5, 5.41) is 13.7. The highest BCUT2D eigenvalue weighted by Gasteiger charge is 2.18. The van der Waals surface area contributed by atoms with Crippen molar-refractivity contribution in [2.24, 2.45) is 0 Å². The summed E-state index contributed by atoms with van der Waals surface area (Å²) in [6.07, 6.45) is 1.49. The Morgan fingerprint density at radius 1 is 1.35 bits per heavy atom. The van der Waals surface area contributed by atoms with E-state index >= 15 is 0 Å². The Kier molecular flexibility index (Phi) is 3.95. The second-order valence-corrected chi connectivity index (χ2v) is 4.40. The summed E-state index contributed by atoms with van der Waals surface area (Å²) >= 11 is 5.89. The third kappa shape index (κ3) is 2.75. The van der Waals surface area contributed by atoms with Gasteiger partial charge in [0.15, 0.2) is 5.82 Å². The van der Waals surface area contributed by atoms with Crippen LogP contribution in [0.25, 0.3) is 0 Å². The summed E-state index contributed by atoms with van der Waals surface area (Å²) in [6.45, 7) is 1.52. The third-order valence-electron chi connectivity index (χ3n) is 2.74. The van der Waals surface area contributed by atoms with Gasteiger partial charge in [-0.1, -0.05) is 17.7 Å². The molecule has 1 N–H and O–H groups in total. The first-order valence-corrected chi connectivity index (χ1v) is 6.04. The van der Waals surface area contributed by atoms with Crippen LogP contribution in [0.5, 0.6) is 0 Å². The molecule has 2 aromatic rings. The molecule has 0 spiro atoms. The Labute approximate surface area is 119 Å². The number of nitrogens with zero attached hydrogens (tertiary/aromatic N) is 2. The van der Waals surface area contributed by atoms with Gasteiger partial charge in [0.1, 0.15) is 0 Å². The van der Waals surface area contributed by atoms with Crippen LogP contribution >= 0.6 is 11.6 Å². The average molecular weight is 292 g/mol. The minimum absolute atomic E-state index is 0.107. The second kappa shape index (κ2) is 5.66. The van der Waals surface area contributed by atoms with Crippen molar-refractivity contribution >= 4 is 29.0 Å². The molecule has 0 aliphatic rings. The number of hydrogen-bond acceptors (Lipinski definition) is 4. The normalized spacial score (nSPS) is 10.1. The maximum absolute atomic E-state index is 12.1. The van der Waals surface area contributed by atoms with E-state index in [0.717, 1.165) is 0 Å². The van der Waals surface area contributed by atoms with Gasteiger partial charge >= 0.3 is 0 Å². The molecular weight excluding hydrogens is 282 g/mol.